The van der Waals surface area contributed by atoms with Gasteiger partial charge >= 0.3 is 0 Å². The fourth-order valence-corrected chi connectivity index (χ4v) is 3.45. The molecule has 0 fully saturated rings. The van der Waals surface area contributed by atoms with Crippen LogP contribution < -0.4 is 10.0 Å². The minimum atomic E-state index is -3.48. The molecule has 6 nitrogen and oxygen atoms in total. The van der Waals surface area contributed by atoms with Gasteiger partial charge in [-0.15, -0.1) is 10.2 Å². The third-order valence-electron chi connectivity index (χ3n) is 3.83. The van der Waals surface area contributed by atoms with E-state index in [1.807, 2.05) is 61.5 Å². The van der Waals surface area contributed by atoms with Crippen LogP contribution in [0.4, 0.5) is 17.3 Å². The molecule has 0 unspecified atom stereocenters. The Morgan fingerprint density at radius 3 is 2.19 bits per heavy atom. The zero-order chi connectivity index (χ0) is 18.4. The Morgan fingerprint density at radius 1 is 0.846 bits per heavy atom. The standard InChI is InChI=1S/C19H20N4O2S/c1-15-7-5-6-10-17(15)20-18-11-12-19(22-21-18)23-26(24,25)14-13-16-8-3-2-4-9-16/h2-12H,13-14H2,1H3,(H,20,21)(H,22,23). The normalized spacial score (nSPS) is 11.1. The van der Waals surface area contributed by atoms with Gasteiger partial charge in [0.25, 0.3) is 0 Å². The Balaban J connectivity index is 1.60. The van der Waals surface area contributed by atoms with Crippen LogP contribution >= 0.6 is 0 Å². The van der Waals surface area contributed by atoms with Crippen LogP contribution in [0.25, 0.3) is 0 Å². The number of benzene rings is 2. The fourth-order valence-electron chi connectivity index (χ4n) is 2.41. The van der Waals surface area contributed by atoms with Gasteiger partial charge in [0, 0.05) is 5.69 Å². The van der Waals surface area contributed by atoms with Crippen LogP contribution in [0.1, 0.15) is 11.1 Å². The van der Waals surface area contributed by atoms with Crippen molar-refractivity contribution in [2.24, 2.45) is 0 Å². The predicted octanol–water partition coefficient (Wildman–Crippen LogP) is 3.51. The van der Waals surface area contributed by atoms with Gasteiger partial charge in [0.2, 0.25) is 10.0 Å². The number of aromatic nitrogens is 2. The van der Waals surface area contributed by atoms with Gasteiger partial charge in [0.15, 0.2) is 11.6 Å². The largest absolute Gasteiger partial charge is 0.339 e. The highest BCUT2D eigenvalue weighted by molar-refractivity contribution is 7.92. The zero-order valence-electron chi connectivity index (χ0n) is 14.4. The van der Waals surface area contributed by atoms with E-state index in [0.717, 1.165) is 16.8 Å². The Hall–Kier alpha value is -2.93. The molecule has 26 heavy (non-hydrogen) atoms. The molecular formula is C19H20N4O2S. The van der Waals surface area contributed by atoms with E-state index < -0.39 is 10.0 Å². The summed E-state index contributed by atoms with van der Waals surface area (Å²) in [7, 11) is -3.48. The Bertz CT molecular complexity index is 958. The summed E-state index contributed by atoms with van der Waals surface area (Å²) in [5.41, 5.74) is 2.99. The lowest BCUT2D eigenvalue weighted by Crippen LogP contribution is -2.19. The highest BCUT2D eigenvalue weighted by Crippen LogP contribution is 2.18. The van der Waals surface area contributed by atoms with Crippen molar-refractivity contribution in [2.75, 3.05) is 15.8 Å². The van der Waals surface area contributed by atoms with E-state index in [2.05, 4.69) is 20.2 Å². The minimum absolute atomic E-state index is 0.0120. The van der Waals surface area contributed by atoms with E-state index in [9.17, 15) is 8.42 Å². The summed E-state index contributed by atoms with van der Waals surface area (Å²) >= 11 is 0. The lowest BCUT2D eigenvalue weighted by molar-refractivity contribution is 0.600. The summed E-state index contributed by atoms with van der Waals surface area (Å²) in [6.07, 6.45) is 0.441. The van der Waals surface area contributed by atoms with Gasteiger partial charge < -0.3 is 5.32 Å². The van der Waals surface area contributed by atoms with Crippen LogP contribution in [0.2, 0.25) is 0 Å². The molecular weight excluding hydrogens is 348 g/mol. The second-order valence-electron chi connectivity index (χ2n) is 5.90. The molecule has 0 saturated carbocycles. The van der Waals surface area contributed by atoms with Crippen LogP contribution in [0.3, 0.4) is 0 Å². The van der Waals surface area contributed by atoms with Gasteiger partial charge in [-0.3, -0.25) is 4.72 Å². The van der Waals surface area contributed by atoms with Gasteiger partial charge in [-0.05, 0) is 42.7 Å². The summed E-state index contributed by atoms with van der Waals surface area (Å²) in [4.78, 5) is 0. The lowest BCUT2D eigenvalue weighted by atomic mass is 10.2. The Morgan fingerprint density at radius 2 is 1.50 bits per heavy atom. The molecule has 1 heterocycles. The first kappa shape index (κ1) is 17.9. The van der Waals surface area contributed by atoms with Crippen molar-refractivity contribution in [1.82, 2.24) is 10.2 Å². The molecule has 2 N–H and O–H groups in total. The van der Waals surface area contributed by atoms with Crippen molar-refractivity contribution < 1.29 is 8.42 Å². The average Bonchev–Trinajstić information content (AvgIpc) is 2.64. The summed E-state index contributed by atoms with van der Waals surface area (Å²) in [6, 6.07) is 20.6. The highest BCUT2D eigenvalue weighted by Gasteiger charge is 2.12. The van der Waals surface area contributed by atoms with Gasteiger partial charge in [-0.2, -0.15) is 0 Å². The number of nitrogens with zero attached hydrogens (tertiary/aromatic N) is 2. The molecule has 0 spiro atoms. The number of sulfonamides is 1. The molecule has 0 radical (unpaired) electrons. The second kappa shape index (κ2) is 7.97. The number of para-hydroxylation sites is 1. The third-order valence-corrected chi connectivity index (χ3v) is 5.10. The van der Waals surface area contributed by atoms with E-state index in [1.165, 1.54) is 0 Å². The number of aryl methyl sites for hydroxylation is 2. The molecule has 3 rings (SSSR count). The van der Waals surface area contributed by atoms with Crippen LogP contribution in [0.5, 0.6) is 0 Å². The molecule has 3 aromatic rings. The van der Waals surface area contributed by atoms with Crippen molar-refractivity contribution >= 4 is 27.3 Å². The predicted molar refractivity (Wildman–Crippen MR) is 104 cm³/mol. The zero-order valence-corrected chi connectivity index (χ0v) is 15.2. The number of nitrogens with one attached hydrogen (secondary N) is 2. The lowest BCUT2D eigenvalue weighted by Gasteiger charge is -2.09. The first-order valence-electron chi connectivity index (χ1n) is 8.23. The van der Waals surface area contributed by atoms with E-state index in [4.69, 9.17) is 0 Å². The molecule has 134 valence electrons. The summed E-state index contributed by atoms with van der Waals surface area (Å²) in [5, 5.41) is 11.1. The maximum Gasteiger partial charge on any atom is 0.234 e. The van der Waals surface area contributed by atoms with Crippen LogP contribution in [0.15, 0.2) is 66.7 Å². The van der Waals surface area contributed by atoms with Crippen molar-refractivity contribution in [2.45, 2.75) is 13.3 Å². The van der Waals surface area contributed by atoms with Crippen molar-refractivity contribution in [3.63, 3.8) is 0 Å². The number of hydrogen-bond acceptors (Lipinski definition) is 5. The first-order chi connectivity index (χ1) is 12.5. The molecule has 7 heteroatoms. The van der Waals surface area contributed by atoms with Gasteiger partial charge in [-0.1, -0.05) is 48.5 Å². The number of anilines is 3. The minimum Gasteiger partial charge on any atom is -0.339 e. The molecule has 1 aromatic heterocycles. The Labute approximate surface area is 153 Å². The maximum atomic E-state index is 12.2. The molecule has 0 amide bonds. The van der Waals surface area contributed by atoms with Crippen molar-refractivity contribution in [3.05, 3.63) is 77.9 Å². The average molecular weight is 368 g/mol. The molecule has 2 aromatic carbocycles. The summed E-state index contributed by atoms with van der Waals surface area (Å²) in [6.45, 7) is 1.99. The van der Waals surface area contributed by atoms with E-state index in [1.54, 1.807) is 12.1 Å². The molecule has 0 atom stereocenters. The van der Waals surface area contributed by atoms with Crippen LogP contribution in [0, 0.1) is 6.92 Å². The number of hydrogen-bond donors (Lipinski definition) is 2. The fraction of sp³-hybridized carbons (Fsp3) is 0.158. The van der Waals surface area contributed by atoms with Crippen molar-refractivity contribution in [3.8, 4) is 0 Å². The molecule has 0 saturated heterocycles. The number of rotatable bonds is 7. The van der Waals surface area contributed by atoms with Gasteiger partial charge in [0.05, 0.1) is 5.75 Å². The third kappa shape index (κ3) is 5.03. The first-order valence-corrected chi connectivity index (χ1v) is 9.88. The van der Waals surface area contributed by atoms with E-state index in [0.29, 0.717) is 12.2 Å². The maximum absolute atomic E-state index is 12.2. The SMILES string of the molecule is Cc1ccccc1Nc1ccc(NS(=O)(=O)CCc2ccccc2)nn1. The van der Waals surface area contributed by atoms with E-state index >= 15 is 0 Å². The van der Waals surface area contributed by atoms with Gasteiger partial charge in [0.1, 0.15) is 0 Å². The van der Waals surface area contributed by atoms with Crippen LogP contribution in [-0.4, -0.2) is 24.4 Å². The topological polar surface area (TPSA) is 84.0 Å². The van der Waals surface area contributed by atoms with Crippen molar-refractivity contribution in [1.29, 1.82) is 0 Å². The molecule has 0 aliphatic carbocycles. The molecule has 0 aliphatic heterocycles. The quantitative estimate of drug-likeness (QED) is 0.667. The Kier molecular flexibility index (Phi) is 5.48. The van der Waals surface area contributed by atoms with Crippen LogP contribution in [-0.2, 0) is 16.4 Å². The monoisotopic (exact) mass is 368 g/mol. The summed E-state index contributed by atoms with van der Waals surface area (Å²) in [5.74, 6) is 0.738. The smallest absolute Gasteiger partial charge is 0.234 e. The summed E-state index contributed by atoms with van der Waals surface area (Å²) < 4.78 is 26.9. The van der Waals surface area contributed by atoms with Gasteiger partial charge in [-0.25, -0.2) is 8.42 Å². The molecule has 0 aliphatic rings. The molecule has 0 bridgehead atoms. The highest BCUT2D eigenvalue weighted by atomic mass is 32.2. The second-order valence-corrected chi connectivity index (χ2v) is 7.74. The van der Waals surface area contributed by atoms with E-state index in [-0.39, 0.29) is 11.6 Å².